The Bertz CT molecular complexity index is 1120. The standard InChI is InChI=1S/C21H20Cl2FN5O2S/c1-3-29-19(12(2)25-20(31)16-9-4-13(22)10-17(16)23)27-28-21(29)32-11-18(30)26-15-7-5-14(24)6-8-15/h4-10,12H,3,11H2,1-2H3,(H,25,31)(H,26,30)/t12-/m1/s1. The normalized spacial score (nSPS) is 11.8. The summed E-state index contributed by atoms with van der Waals surface area (Å²) in [6, 6.07) is 9.72. The zero-order chi connectivity index (χ0) is 23.3. The predicted octanol–water partition coefficient (Wildman–Crippen LogP) is 4.97. The smallest absolute Gasteiger partial charge is 0.253 e. The predicted molar refractivity (Wildman–Crippen MR) is 124 cm³/mol. The molecule has 3 rings (SSSR count). The molecule has 32 heavy (non-hydrogen) atoms. The molecule has 1 heterocycles. The van der Waals surface area contributed by atoms with E-state index in [-0.39, 0.29) is 28.4 Å². The molecular weight excluding hydrogens is 476 g/mol. The summed E-state index contributed by atoms with van der Waals surface area (Å²) in [7, 11) is 0. The molecule has 2 N–H and O–H groups in total. The lowest BCUT2D eigenvalue weighted by Gasteiger charge is -2.15. The van der Waals surface area contributed by atoms with Crippen LogP contribution in [0.5, 0.6) is 0 Å². The van der Waals surface area contributed by atoms with E-state index in [1.165, 1.54) is 42.1 Å². The molecule has 1 atom stereocenters. The number of rotatable bonds is 8. The number of anilines is 1. The van der Waals surface area contributed by atoms with E-state index in [0.29, 0.717) is 33.8 Å². The van der Waals surface area contributed by atoms with Crippen LogP contribution < -0.4 is 10.6 Å². The zero-order valence-corrected chi connectivity index (χ0v) is 19.6. The van der Waals surface area contributed by atoms with Crippen LogP contribution in [-0.2, 0) is 11.3 Å². The van der Waals surface area contributed by atoms with Gasteiger partial charge in [-0.2, -0.15) is 0 Å². The molecule has 7 nitrogen and oxygen atoms in total. The quantitative estimate of drug-likeness (QED) is 0.430. The molecule has 2 amide bonds. The number of nitrogens with one attached hydrogen (secondary N) is 2. The van der Waals surface area contributed by atoms with E-state index < -0.39 is 6.04 Å². The Kier molecular flexibility index (Phi) is 8.11. The van der Waals surface area contributed by atoms with E-state index in [1.54, 1.807) is 19.1 Å². The molecule has 0 radical (unpaired) electrons. The first-order chi connectivity index (χ1) is 15.3. The molecular formula is C21H20Cl2FN5O2S. The lowest BCUT2D eigenvalue weighted by Crippen LogP contribution is -2.29. The van der Waals surface area contributed by atoms with E-state index >= 15 is 0 Å². The average Bonchev–Trinajstić information content (AvgIpc) is 3.17. The zero-order valence-electron chi connectivity index (χ0n) is 17.2. The van der Waals surface area contributed by atoms with Gasteiger partial charge in [-0.1, -0.05) is 35.0 Å². The molecule has 11 heteroatoms. The van der Waals surface area contributed by atoms with E-state index in [1.807, 2.05) is 11.5 Å². The highest BCUT2D eigenvalue weighted by Crippen LogP contribution is 2.24. The van der Waals surface area contributed by atoms with Crippen molar-refractivity contribution in [2.75, 3.05) is 11.1 Å². The molecule has 0 saturated heterocycles. The number of benzene rings is 2. The third-order valence-electron chi connectivity index (χ3n) is 4.43. The second kappa shape index (κ2) is 10.8. The summed E-state index contributed by atoms with van der Waals surface area (Å²) >= 11 is 13.2. The maximum atomic E-state index is 13.0. The fourth-order valence-electron chi connectivity index (χ4n) is 2.90. The largest absolute Gasteiger partial charge is 0.342 e. The lowest BCUT2D eigenvalue weighted by atomic mass is 10.2. The second-order valence-corrected chi connectivity index (χ2v) is 8.53. The molecule has 0 saturated carbocycles. The summed E-state index contributed by atoms with van der Waals surface area (Å²) in [6.45, 7) is 4.25. The first kappa shape index (κ1) is 24.0. The first-order valence-electron chi connectivity index (χ1n) is 9.65. The van der Waals surface area contributed by atoms with Gasteiger partial charge < -0.3 is 15.2 Å². The Labute approximate surface area is 198 Å². The van der Waals surface area contributed by atoms with Gasteiger partial charge >= 0.3 is 0 Å². The van der Waals surface area contributed by atoms with Crippen molar-refractivity contribution in [2.45, 2.75) is 31.6 Å². The third kappa shape index (κ3) is 5.99. The summed E-state index contributed by atoms with van der Waals surface area (Å²) in [6.07, 6.45) is 0. The van der Waals surface area contributed by atoms with Gasteiger partial charge in [-0.05, 0) is 56.3 Å². The van der Waals surface area contributed by atoms with Gasteiger partial charge in [-0.15, -0.1) is 10.2 Å². The van der Waals surface area contributed by atoms with Crippen molar-refractivity contribution >= 4 is 52.5 Å². The minimum absolute atomic E-state index is 0.0939. The number of halogens is 3. The van der Waals surface area contributed by atoms with Crippen LogP contribution in [0.15, 0.2) is 47.6 Å². The Hall–Kier alpha value is -2.62. The first-order valence-corrected chi connectivity index (χ1v) is 11.4. The number of hydrogen-bond acceptors (Lipinski definition) is 5. The molecule has 3 aromatic rings. The van der Waals surface area contributed by atoms with Crippen molar-refractivity contribution in [1.29, 1.82) is 0 Å². The van der Waals surface area contributed by atoms with Gasteiger partial charge in [0, 0.05) is 17.3 Å². The minimum Gasteiger partial charge on any atom is -0.342 e. The molecule has 0 aliphatic rings. The minimum atomic E-state index is -0.455. The molecule has 0 aliphatic carbocycles. The van der Waals surface area contributed by atoms with Gasteiger partial charge in [0.15, 0.2) is 11.0 Å². The van der Waals surface area contributed by atoms with Gasteiger partial charge in [-0.25, -0.2) is 4.39 Å². The summed E-state index contributed by atoms with van der Waals surface area (Å²) in [5, 5.41) is 15.1. The van der Waals surface area contributed by atoms with Crippen molar-refractivity contribution < 1.29 is 14.0 Å². The third-order valence-corrected chi connectivity index (χ3v) is 5.95. The number of thioether (sulfide) groups is 1. The van der Waals surface area contributed by atoms with Crippen molar-refractivity contribution in [1.82, 2.24) is 20.1 Å². The van der Waals surface area contributed by atoms with Crippen LogP contribution >= 0.6 is 35.0 Å². The van der Waals surface area contributed by atoms with E-state index in [9.17, 15) is 14.0 Å². The van der Waals surface area contributed by atoms with Gasteiger partial charge in [0.05, 0.1) is 22.4 Å². The Morgan fingerprint density at radius 2 is 1.88 bits per heavy atom. The number of aromatic nitrogens is 3. The van der Waals surface area contributed by atoms with Crippen LogP contribution in [0.4, 0.5) is 10.1 Å². The highest BCUT2D eigenvalue weighted by molar-refractivity contribution is 7.99. The van der Waals surface area contributed by atoms with Crippen molar-refractivity contribution in [2.24, 2.45) is 0 Å². The van der Waals surface area contributed by atoms with Crippen LogP contribution in [0, 0.1) is 5.82 Å². The van der Waals surface area contributed by atoms with Crippen molar-refractivity contribution in [3.05, 3.63) is 69.7 Å². The highest BCUT2D eigenvalue weighted by Gasteiger charge is 2.21. The summed E-state index contributed by atoms with van der Waals surface area (Å²) in [4.78, 5) is 24.8. The fourth-order valence-corrected chi connectivity index (χ4v) is 4.20. The molecule has 168 valence electrons. The molecule has 2 aromatic carbocycles. The maximum absolute atomic E-state index is 13.0. The van der Waals surface area contributed by atoms with Gasteiger partial charge in [-0.3, -0.25) is 9.59 Å². The topological polar surface area (TPSA) is 88.9 Å². The van der Waals surface area contributed by atoms with Gasteiger partial charge in [0.1, 0.15) is 5.82 Å². The Morgan fingerprint density at radius 3 is 2.53 bits per heavy atom. The molecule has 0 aliphatic heterocycles. The molecule has 0 spiro atoms. The highest BCUT2D eigenvalue weighted by atomic mass is 35.5. The monoisotopic (exact) mass is 495 g/mol. The number of carbonyl (C=O) groups is 2. The fraction of sp³-hybridized carbons (Fsp3) is 0.238. The molecule has 1 aromatic heterocycles. The molecule has 0 unspecified atom stereocenters. The van der Waals surface area contributed by atoms with Crippen LogP contribution in [-0.4, -0.2) is 32.3 Å². The Balaban J connectivity index is 1.63. The maximum Gasteiger partial charge on any atom is 0.253 e. The summed E-state index contributed by atoms with van der Waals surface area (Å²) < 4.78 is 14.8. The molecule has 0 fully saturated rings. The van der Waals surface area contributed by atoms with Crippen LogP contribution in [0.2, 0.25) is 10.0 Å². The molecule has 0 bridgehead atoms. The van der Waals surface area contributed by atoms with E-state index in [2.05, 4.69) is 20.8 Å². The lowest BCUT2D eigenvalue weighted by molar-refractivity contribution is -0.113. The SMILES string of the molecule is CCn1c(SCC(=O)Nc2ccc(F)cc2)nnc1[C@@H](C)NC(=O)c1ccc(Cl)cc1Cl. The van der Waals surface area contributed by atoms with E-state index in [0.717, 1.165) is 0 Å². The van der Waals surface area contributed by atoms with Gasteiger partial charge in [0.2, 0.25) is 5.91 Å². The average molecular weight is 496 g/mol. The summed E-state index contributed by atoms with van der Waals surface area (Å²) in [5.74, 6) is -0.352. The van der Waals surface area contributed by atoms with Crippen molar-refractivity contribution in [3.8, 4) is 0 Å². The number of nitrogens with zero attached hydrogens (tertiary/aromatic N) is 3. The second-order valence-electron chi connectivity index (χ2n) is 6.75. The number of carbonyl (C=O) groups excluding carboxylic acids is 2. The Morgan fingerprint density at radius 1 is 1.16 bits per heavy atom. The van der Waals surface area contributed by atoms with Crippen LogP contribution in [0.1, 0.15) is 36.1 Å². The summed E-state index contributed by atoms with van der Waals surface area (Å²) in [5.41, 5.74) is 0.810. The van der Waals surface area contributed by atoms with Crippen LogP contribution in [0.25, 0.3) is 0 Å². The van der Waals surface area contributed by atoms with E-state index in [4.69, 9.17) is 23.2 Å². The van der Waals surface area contributed by atoms with Gasteiger partial charge in [0.25, 0.3) is 5.91 Å². The number of hydrogen-bond donors (Lipinski definition) is 2. The number of amides is 2. The van der Waals surface area contributed by atoms with Crippen LogP contribution in [0.3, 0.4) is 0 Å². The van der Waals surface area contributed by atoms with Crippen molar-refractivity contribution in [3.63, 3.8) is 0 Å².